The molecule has 1 heterocycles. The molecule has 1 saturated heterocycles. The van der Waals surface area contributed by atoms with Crippen molar-refractivity contribution in [3.8, 4) is 0 Å². The Morgan fingerprint density at radius 2 is 1.00 bits per heavy atom. The first-order chi connectivity index (χ1) is 23.9. The molecular formula is C40H78O9. The lowest BCUT2D eigenvalue weighted by atomic mass is 9.99. The largest absolute Gasteiger partial charge is 0.457 e. The van der Waals surface area contributed by atoms with E-state index < -0.39 is 43.4 Å². The predicted molar refractivity (Wildman–Crippen MR) is 196 cm³/mol. The van der Waals surface area contributed by atoms with Crippen molar-refractivity contribution in [2.75, 3.05) is 26.4 Å². The number of rotatable bonds is 35. The Morgan fingerprint density at radius 3 is 1.41 bits per heavy atom. The highest BCUT2D eigenvalue weighted by molar-refractivity contribution is 5.69. The van der Waals surface area contributed by atoms with Crippen molar-refractivity contribution >= 4 is 5.97 Å². The summed E-state index contributed by atoms with van der Waals surface area (Å²) in [5.41, 5.74) is 0. The number of carbonyl (C=O) groups excluding carboxylic acids is 1. The zero-order valence-electron chi connectivity index (χ0n) is 31.7. The Morgan fingerprint density at radius 1 is 0.571 bits per heavy atom. The maximum Gasteiger partial charge on any atom is 0.306 e. The number of aliphatic hydroxyl groups excluding tert-OH is 4. The molecule has 0 radical (unpaired) electrons. The Labute approximate surface area is 300 Å². The van der Waals surface area contributed by atoms with Gasteiger partial charge in [-0.15, -0.1) is 0 Å². The maximum absolute atomic E-state index is 12.1. The summed E-state index contributed by atoms with van der Waals surface area (Å²) in [6.07, 6.45) is 27.5. The van der Waals surface area contributed by atoms with Crippen molar-refractivity contribution in [2.45, 2.75) is 224 Å². The zero-order valence-corrected chi connectivity index (χ0v) is 31.7. The van der Waals surface area contributed by atoms with Gasteiger partial charge in [0.2, 0.25) is 0 Å². The minimum atomic E-state index is -1.53. The van der Waals surface area contributed by atoms with Crippen LogP contribution in [0.4, 0.5) is 0 Å². The Kier molecular flexibility index (Phi) is 31.2. The number of aliphatic hydroxyl groups is 4. The minimum Gasteiger partial charge on any atom is -0.457 e. The highest BCUT2D eigenvalue weighted by Crippen LogP contribution is 2.22. The second-order valence-corrected chi connectivity index (χ2v) is 14.5. The first kappa shape index (κ1) is 46.2. The fourth-order valence-electron chi connectivity index (χ4n) is 6.53. The number of unbranched alkanes of at least 4 members (excludes halogenated alkanes) is 24. The first-order valence-corrected chi connectivity index (χ1v) is 20.6. The molecule has 6 atom stereocenters. The lowest BCUT2D eigenvalue weighted by Gasteiger charge is -2.39. The lowest BCUT2D eigenvalue weighted by molar-refractivity contribution is -0.305. The zero-order chi connectivity index (χ0) is 35.8. The Hall–Kier alpha value is -0.810. The van der Waals surface area contributed by atoms with Gasteiger partial charge in [-0.2, -0.15) is 0 Å². The van der Waals surface area contributed by atoms with Crippen LogP contribution in [0.1, 0.15) is 187 Å². The molecule has 0 aromatic heterocycles. The van der Waals surface area contributed by atoms with Gasteiger partial charge >= 0.3 is 5.97 Å². The number of ether oxygens (including phenoxy) is 4. The number of hydrogen-bond donors (Lipinski definition) is 4. The Balaban J connectivity index is 1.95. The van der Waals surface area contributed by atoms with Gasteiger partial charge < -0.3 is 39.4 Å². The topological polar surface area (TPSA) is 135 Å². The van der Waals surface area contributed by atoms with Crippen LogP contribution in [0.2, 0.25) is 0 Å². The van der Waals surface area contributed by atoms with E-state index >= 15 is 0 Å². The molecule has 1 aliphatic rings. The summed E-state index contributed by atoms with van der Waals surface area (Å²) in [5.74, 6) is -0.362. The van der Waals surface area contributed by atoms with Gasteiger partial charge in [0.1, 0.15) is 30.5 Å². The highest BCUT2D eigenvalue weighted by Gasteiger charge is 2.44. The fourth-order valence-corrected chi connectivity index (χ4v) is 6.53. The van der Waals surface area contributed by atoms with Gasteiger partial charge in [-0.1, -0.05) is 168 Å². The average Bonchev–Trinajstić information content (AvgIpc) is 3.09. The third kappa shape index (κ3) is 24.9. The van der Waals surface area contributed by atoms with Crippen molar-refractivity contribution in [1.29, 1.82) is 0 Å². The standard InChI is InChI=1S/C40H78O9/c1-3-5-6-7-8-9-10-11-12-13-14-15-16-17-18-19-20-21-22-23-24-25-26-27-28-30-46-32-34(48-36(42)29-4-2)33-47-40-39(45)38(44)37(43)35(31-41)49-40/h34-35,37-41,43-45H,3-33H2,1-2H3. The molecule has 0 aromatic carbocycles. The van der Waals surface area contributed by atoms with Gasteiger partial charge in [-0.05, 0) is 12.8 Å². The van der Waals surface area contributed by atoms with Crippen molar-refractivity contribution in [2.24, 2.45) is 0 Å². The minimum absolute atomic E-state index is 0.113. The van der Waals surface area contributed by atoms with E-state index in [2.05, 4.69) is 6.92 Å². The summed E-state index contributed by atoms with van der Waals surface area (Å²) in [5, 5.41) is 39.5. The van der Waals surface area contributed by atoms with E-state index in [1.54, 1.807) is 0 Å². The van der Waals surface area contributed by atoms with Gasteiger partial charge in [0.15, 0.2) is 6.29 Å². The number of carbonyl (C=O) groups is 1. The van der Waals surface area contributed by atoms with Crippen molar-refractivity contribution in [1.82, 2.24) is 0 Å². The molecular weight excluding hydrogens is 624 g/mol. The lowest BCUT2D eigenvalue weighted by Crippen LogP contribution is -2.59. The molecule has 9 nitrogen and oxygen atoms in total. The SMILES string of the molecule is CCCCCCCCCCCCCCCCCCCCCCCCCCCOCC(COC1OC(CO)C(O)C(O)C1O)OC(=O)CCC. The van der Waals surface area contributed by atoms with Gasteiger partial charge in [-0.25, -0.2) is 0 Å². The third-order valence-corrected chi connectivity index (χ3v) is 9.74. The molecule has 1 rings (SSSR count). The molecule has 0 amide bonds. The smallest absolute Gasteiger partial charge is 0.306 e. The van der Waals surface area contributed by atoms with Gasteiger partial charge in [0.05, 0.1) is 19.8 Å². The highest BCUT2D eigenvalue weighted by atomic mass is 16.7. The second-order valence-electron chi connectivity index (χ2n) is 14.5. The summed E-state index contributed by atoms with van der Waals surface area (Å²) < 4.78 is 22.2. The van der Waals surface area contributed by atoms with E-state index in [9.17, 15) is 25.2 Å². The molecule has 0 spiro atoms. The number of esters is 1. The molecule has 49 heavy (non-hydrogen) atoms. The predicted octanol–water partition coefficient (Wildman–Crippen LogP) is 8.30. The van der Waals surface area contributed by atoms with Gasteiger partial charge in [0.25, 0.3) is 0 Å². The van der Waals surface area contributed by atoms with Crippen LogP contribution in [-0.4, -0.2) is 89.6 Å². The van der Waals surface area contributed by atoms with Crippen LogP contribution in [0.3, 0.4) is 0 Å². The molecule has 1 fully saturated rings. The van der Waals surface area contributed by atoms with Crippen LogP contribution in [-0.2, 0) is 23.7 Å². The van der Waals surface area contributed by atoms with E-state index in [0.717, 1.165) is 12.8 Å². The van der Waals surface area contributed by atoms with E-state index in [0.29, 0.717) is 13.0 Å². The normalized spacial score (nSPS) is 21.6. The Bertz CT molecular complexity index is 722. The monoisotopic (exact) mass is 703 g/mol. The van der Waals surface area contributed by atoms with E-state index in [1.807, 2.05) is 6.92 Å². The molecule has 0 aromatic rings. The van der Waals surface area contributed by atoms with E-state index in [1.165, 1.54) is 148 Å². The van der Waals surface area contributed by atoms with Crippen LogP contribution in [0, 0.1) is 0 Å². The second kappa shape index (κ2) is 33.1. The third-order valence-electron chi connectivity index (χ3n) is 9.74. The molecule has 6 unspecified atom stereocenters. The van der Waals surface area contributed by atoms with Gasteiger partial charge in [0, 0.05) is 13.0 Å². The quantitative estimate of drug-likeness (QED) is 0.0380. The molecule has 292 valence electrons. The summed E-state index contributed by atoms with van der Waals surface area (Å²) >= 11 is 0. The van der Waals surface area contributed by atoms with E-state index in [4.69, 9.17) is 18.9 Å². The van der Waals surface area contributed by atoms with Crippen LogP contribution in [0.25, 0.3) is 0 Å². The maximum atomic E-state index is 12.1. The molecule has 4 N–H and O–H groups in total. The van der Waals surface area contributed by atoms with Crippen LogP contribution in [0.15, 0.2) is 0 Å². The van der Waals surface area contributed by atoms with Crippen LogP contribution in [0.5, 0.6) is 0 Å². The molecule has 0 bridgehead atoms. The van der Waals surface area contributed by atoms with E-state index in [-0.39, 0.29) is 25.6 Å². The fraction of sp³-hybridized carbons (Fsp3) is 0.975. The molecule has 0 saturated carbocycles. The van der Waals surface area contributed by atoms with Crippen molar-refractivity contribution < 1.29 is 44.2 Å². The summed E-state index contributed by atoms with van der Waals surface area (Å²) in [6.45, 7) is 4.23. The van der Waals surface area contributed by atoms with Crippen molar-refractivity contribution in [3.05, 3.63) is 0 Å². The van der Waals surface area contributed by atoms with Gasteiger partial charge in [-0.3, -0.25) is 4.79 Å². The summed E-state index contributed by atoms with van der Waals surface area (Å²) in [7, 11) is 0. The molecule has 9 heteroatoms. The molecule has 0 aliphatic carbocycles. The molecule has 1 aliphatic heterocycles. The summed E-state index contributed by atoms with van der Waals surface area (Å²) in [4.78, 5) is 12.1. The van der Waals surface area contributed by atoms with Crippen LogP contribution < -0.4 is 0 Å². The first-order valence-electron chi connectivity index (χ1n) is 20.6. The number of hydrogen-bond acceptors (Lipinski definition) is 9. The summed E-state index contributed by atoms with van der Waals surface area (Å²) in [6, 6.07) is 0. The van der Waals surface area contributed by atoms with Crippen molar-refractivity contribution in [3.63, 3.8) is 0 Å². The van der Waals surface area contributed by atoms with Crippen LogP contribution >= 0.6 is 0 Å². The average molecular weight is 703 g/mol.